The monoisotopic (exact) mass is 264 g/mol. The van der Waals surface area contributed by atoms with Crippen molar-refractivity contribution in [2.24, 2.45) is 0 Å². The average Bonchev–Trinajstić information content (AvgIpc) is 2.38. The SMILES string of the molecule is COc1ccc(-c2c[nH]c(=O)[nH]c2=S)cc1OC. The molecule has 18 heavy (non-hydrogen) atoms. The maximum atomic E-state index is 11.1. The number of nitrogens with one attached hydrogen (secondary N) is 2. The first kappa shape index (κ1) is 12.4. The maximum Gasteiger partial charge on any atom is 0.323 e. The van der Waals surface area contributed by atoms with E-state index in [0.717, 1.165) is 11.1 Å². The highest BCUT2D eigenvalue weighted by atomic mass is 32.1. The molecule has 0 fully saturated rings. The van der Waals surface area contributed by atoms with Gasteiger partial charge >= 0.3 is 5.69 Å². The Hall–Kier alpha value is -2.08. The molecule has 6 heteroatoms. The Morgan fingerprint density at radius 1 is 1.17 bits per heavy atom. The van der Waals surface area contributed by atoms with Crippen LogP contribution in [0.2, 0.25) is 0 Å². The van der Waals surface area contributed by atoms with E-state index in [2.05, 4.69) is 9.97 Å². The van der Waals surface area contributed by atoms with Gasteiger partial charge in [-0.25, -0.2) is 4.79 Å². The molecule has 94 valence electrons. The van der Waals surface area contributed by atoms with E-state index in [1.807, 2.05) is 6.07 Å². The second kappa shape index (κ2) is 5.05. The lowest BCUT2D eigenvalue weighted by Gasteiger charge is -2.09. The van der Waals surface area contributed by atoms with E-state index in [0.29, 0.717) is 16.1 Å². The number of benzene rings is 1. The predicted octanol–water partition coefficient (Wildman–Crippen LogP) is 2.12. The average molecular weight is 264 g/mol. The molecule has 2 aromatic rings. The normalized spacial score (nSPS) is 10.1. The van der Waals surface area contributed by atoms with Crippen LogP contribution < -0.4 is 15.2 Å². The van der Waals surface area contributed by atoms with E-state index in [1.165, 1.54) is 0 Å². The summed E-state index contributed by atoms with van der Waals surface area (Å²) in [5.41, 5.74) is 1.24. The van der Waals surface area contributed by atoms with Gasteiger partial charge in [-0.05, 0) is 17.7 Å². The number of ether oxygens (including phenoxy) is 2. The molecule has 0 atom stereocenters. The highest BCUT2D eigenvalue weighted by molar-refractivity contribution is 7.71. The lowest BCUT2D eigenvalue weighted by atomic mass is 10.1. The van der Waals surface area contributed by atoms with Gasteiger partial charge in [-0.1, -0.05) is 18.3 Å². The van der Waals surface area contributed by atoms with Crippen LogP contribution in [-0.2, 0) is 0 Å². The van der Waals surface area contributed by atoms with Gasteiger partial charge in [0.1, 0.15) is 4.64 Å². The van der Waals surface area contributed by atoms with Crippen LogP contribution in [-0.4, -0.2) is 24.2 Å². The van der Waals surface area contributed by atoms with Gasteiger partial charge in [-0.3, -0.25) is 4.98 Å². The van der Waals surface area contributed by atoms with Gasteiger partial charge in [-0.15, -0.1) is 0 Å². The van der Waals surface area contributed by atoms with Gasteiger partial charge in [0.2, 0.25) is 0 Å². The number of hydrogen-bond donors (Lipinski definition) is 2. The molecular formula is C12H12N2O3S. The van der Waals surface area contributed by atoms with E-state index in [9.17, 15) is 4.79 Å². The third-order valence-electron chi connectivity index (χ3n) is 2.51. The van der Waals surface area contributed by atoms with Crippen molar-refractivity contribution in [1.29, 1.82) is 0 Å². The van der Waals surface area contributed by atoms with Crippen LogP contribution in [0.3, 0.4) is 0 Å². The quantitative estimate of drug-likeness (QED) is 0.833. The second-order valence-electron chi connectivity index (χ2n) is 3.56. The van der Waals surface area contributed by atoms with Crippen molar-refractivity contribution in [3.8, 4) is 22.6 Å². The smallest absolute Gasteiger partial charge is 0.323 e. The van der Waals surface area contributed by atoms with Crippen LogP contribution >= 0.6 is 12.2 Å². The zero-order chi connectivity index (χ0) is 13.1. The van der Waals surface area contributed by atoms with Crippen molar-refractivity contribution >= 4 is 12.2 Å². The number of aromatic amines is 2. The third-order valence-corrected chi connectivity index (χ3v) is 2.84. The first-order valence-electron chi connectivity index (χ1n) is 5.20. The molecule has 1 aromatic heterocycles. The van der Waals surface area contributed by atoms with Gasteiger partial charge in [0, 0.05) is 11.8 Å². The van der Waals surface area contributed by atoms with E-state index in [4.69, 9.17) is 21.7 Å². The first-order chi connectivity index (χ1) is 8.65. The summed E-state index contributed by atoms with van der Waals surface area (Å²) in [6, 6.07) is 5.43. The fourth-order valence-corrected chi connectivity index (χ4v) is 1.90. The topological polar surface area (TPSA) is 67.1 Å². The van der Waals surface area contributed by atoms with Crippen molar-refractivity contribution in [2.75, 3.05) is 14.2 Å². The standard InChI is InChI=1S/C12H12N2O3S/c1-16-9-4-3-7(5-10(9)17-2)8-6-13-12(15)14-11(8)18/h3-6H,1-2H3,(H2,13,14,15,18). The molecule has 0 aliphatic heterocycles. The minimum absolute atomic E-state index is 0.329. The van der Waals surface area contributed by atoms with Crippen LogP contribution in [0.25, 0.3) is 11.1 Å². The van der Waals surface area contributed by atoms with Crippen molar-refractivity contribution in [3.63, 3.8) is 0 Å². The molecule has 0 unspecified atom stereocenters. The van der Waals surface area contributed by atoms with Gasteiger partial charge in [-0.2, -0.15) is 0 Å². The second-order valence-corrected chi connectivity index (χ2v) is 3.96. The van der Waals surface area contributed by atoms with E-state index < -0.39 is 0 Å². The number of H-pyrrole nitrogens is 2. The molecule has 0 saturated heterocycles. The predicted molar refractivity (Wildman–Crippen MR) is 70.8 cm³/mol. The van der Waals surface area contributed by atoms with Crippen molar-refractivity contribution in [1.82, 2.24) is 9.97 Å². The van der Waals surface area contributed by atoms with Crippen LogP contribution in [0.4, 0.5) is 0 Å². The highest BCUT2D eigenvalue weighted by Crippen LogP contribution is 2.31. The Morgan fingerprint density at radius 3 is 2.50 bits per heavy atom. The summed E-state index contributed by atoms with van der Waals surface area (Å²) in [5.74, 6) is 1.25. The van der Waals surface area contributed by atoms with E-state index in [-0.39, 0.29) is 5.69 Å². The molecule has 0 aliphatic rings. The molecule has 5 nitrogen and oxygen atoms in total. The number of hydrogen-bond acceptors (Lipinski definition) is 4. The molecule has 0 aliphatic carbocycles. The summed E-state index contributed by atoms with van der Waals surface area (Å²) < 4.78 is 10.8. The molecular weight excluding hydrogens is 252 g/mol. The van der Waals surface area contributed by atoms with Crippen LogP contribution in [0.5, 0.6) is 11.5 Å². The molecule has 1 aromatic carbocycles. The van der Waals surface area contributed by atoms with E-state index in [1.54, 1.807) is 32.5 Å². The van der Waals surface area contributed by atoms with Gasteiger partial charge in [0.25, 0.3) is 0 Å². The third kappa shape index (κ3) is 2.28. The van der Waals surface area contributed by atoms with Gasteiger partial charge < -0.3 is 14.5 Å². The molecule has 0 spiro atoms. The van der Waals surface area contributed by atoms with Gasteiger partial charge in [0.15, 0.2) is 11.5 Å². The fourth-order valence-electron chi connectivity index (χ4n) is 1.63. The van der Waals surface area contributed by atoms with Crippen LogP contribution in [0.15, 0.2) is 29.2 Å². The minimum atomic E-state index is -0.329. The number of rotatable bonds is 3. The maximum absolute atomic E-state index is 11.1. The molecule has 1 heterocycles. The summed E-state index contributed by atoms with van der Waals surface area (Å²) in [7, 11) is 3.14. The highest BCUT2D eigenvalue weighted by Gasteiger charge is 2.07. The summed E-state index contributed by atoms with van der Waals surface area (Å²) in [4.78, 5) is 16.2. The molecule has 0 radical (unpaired) electrons. The molecule has 2 rings (SSSR count). The molecule has 0 saturated carbocycles. The van der Waals surface area contributed by atoms with Crippen molar-refractivity contribution in [3.05, 3.63) is 39.5 Å². The Labute approximate surface area is 108 Å². The summed E-state index contributed by atoms with van der Waals surface area (Å²) in [6.45, 7) is 0. The summed E-state index contributed by atoms with van der Waals surface area (Å²) in [5, 5.41) is 0. The minimum Gasteiger partial charge on any atom is -0.493 e. The zero-order valence-electron chi connectivity index (χ0n) is 9.94. The fraction of sp³-hybridized carbons (Fsp3) is 0.167. The molecule has 2 N–H and O–H groups in total. The lowest BCUT2D eigenvalue weighted by Crippen LogP contribution is -2.09. The summed E-state index contributed by atoms with van der Waals surface area (Å²) in [6.07, 6.45) is 1.57. The van der Waals surface area contributed by atoms with Crippen molar-refractivity contribution in [2.45, 2.75) is 0 Å². The number of aromatic nitrogens is 2. The Bertz CT molecular complexity index is 676. The van der Waals surface area contributed by atoms with E-state index >= 15 is 0 Å². The Morgan fingerprint density at radius 2 is 1.89 bits per heavy atom. The number of methoxy groups -OCH3 is 2. The molecule has 0 bridgehead atoms. The lowest BCUT2D eigenvalue weighted by molar-refractivity contribution is 0.355. The zero-order valence-corrected chi connectivity index (χ0v) is 10.8. The molecule has 0 amide bonds. The van der Waals surface area contributed by atoms with Crippen LogP contribution in [0, 0.1) is 4.64 Å². The largest absolute Gasteiger partial charge is 0.493 e. The van der Waals surface area contributed by atoms with Crippen molar-refractivity contribution < 1.29 is 9.47 Å². The first-order valence-corrected chi connectivity index (χ1v) is 5.61. The Kier molecular flexibility index (Phi) is 3.47. The van der Waals surface area contributed by atoms with Crippen LogP contribution in [0.1, 0.15) is 0 Å². The van der Waals surface area contributed by atoms with Gasteiger partial charge in [0.05, 0.1) is 14.2 Å². The Balaban J connectivity index is 2.58. The summed E-state index contributed by atoms with van der Waals surface area (Å²) >= 11 is 5.11.